The van der Waals surface area contributed by atoms with Gasteiger partial charge >= 0.3 is 0 Å². The second-order valence-electron chi connectivity index (χ2n) is 7.32. The van der Waals surface area contributed by atoms with Crippen LogP contribution in [0, 0.1) is 0 Å². The number of ether oxygens (including phenoxy) is 2. The molecule has 1 amide bonds. The van der Waals surface area contributed by atoms with E-state index in [2.05, 4.69) is 15.4 Å². The minimum absolute atomic E-state index is 0.272. The van der Waals surface area contributed by atoms with Gasteiger partial charge in [0, 0.05) is 35.9 Å². The van der Waals surface area contributed by atoms with Crippen LogP contribution in [-0.4, -0.2) is 39.3 Å². The van der Waals surface area contributed by atoms with Crippen molar-refractivity contribution in [1.82, 2.24) is 19.2 Å². The van der Waals surface area contributed by atoms with E-state index in [-0.39, 0.29) is 5.91 Å². The minimum atomic E-state index is -0.272. The van der Waals surface area contributed by atoms with Crippen molar-refractivity contribution in [2.75, 3.05) is 19.5 Å². The molecule has 0 aliphatic carbocycles. The monoisotopic (exact) mass is 459 g/mol. The van der Waals surface area contributed by atoms with Crippen LogP contribution in [-0.2, 0) is 7.05 Å². The van der Waals surface area contributed by atoms with Crippen LogP contribution in [0.3, 0.4) is 0 Å². The smallest absolute Gasteiger partial charge is 0.273 e. The first kappa shape index (κ1) is 20.8. The molecule has 5 aromatic rings. The number of para-hydroxylation sites is 1. The average molecular weight is 460 g/mol. The lowest BCUT2D eigenvalue weighted by atomic mass is 10.1. The molecule has 166 valence electrons. The Morgan fingerprint density at radius 3 is 2.67 bits per heavy atom. The van der Waals surface area contributed by atoms with E-state index in [1.54, 1.807) is 43.4 Å². The van der Waals surface area contributed by atoms with E-state index in [4.69, 9.17) is 9.47 Å². The molecule has 0 aliphatic heterocycles. The Kier molecular flexibility index (Phi) is 5.31. The zero-order valence-electron chi connectivity index (χ0n) is 18.3. The number of imidazole rings is 1. The first-order chi connectivity index (χ1) is 16.1. The molecule has 3 heterocycles. The summed E-state index contributed by atoms with van der Waals surface area (Å²) in [6.45, 7) is 0. The third kappa shape index (κ3) is 3.83. The molecule has 0 aliphatic rings. The number of amides is 1. The van der Waals surface area contributed by atoms with Gasteiger partial charge in [0.15, 0.2) is 4.96 Å². The molecule has 0 saturated carbocycles. The molecule has 9 heteroatoms. The van der Waals surface area contributed by atoms with E-state index in [1.807, 2.05) is 64.6 Å². The van der Waals surface area contributed by atoms with Gasteiger partial charge in [0.1, 0.15) is 17.2 Å². The lowest BCUT2D eigenvalue weighted by molar-refractivity contribution is 0.101. The number of nitrogens with one attached hydrogen (secondary N) is 1. The number of thiazole rings is 1. The van der Waals surface area contributed by atoms with E-state index in [0.717, 1.165) is 21.8 Å². The topological polar surface area (TPSA) is 82.7 Å². The van der Waals surface area contributed by atoms with E-state index < -0.39 is 0 Å². The van der Waals surface area contributed by atoms with Crippen molar-refractivity contribution in [3.05, 3.63) is 72.0 Å². The SMILES string of the molecule is COc1ccc(OC)c(-c2cc(C(=O)Nc3ccccc3-c3cn4ccsc4n3)n(C)n2)c1. The summed E-state index contributed by atoms with van der Waals surface area (Å²) in [6, 6.07) is 14.8. The number of aromatic nitrogens is 4. The van der Waals surface area contributed by atoms with Gasteiger partial charge in [0.2, 0.25) is 0 Å². The standard InChI is InChI=1S/C24H21N5O3S/c1-28-21(13-19(27-28)17-12-15(31-2)8-9-22(17)32-3)23(30)25-18-7-5-4-6-16(18)20-14-29-10-11-33-24(29)26-20/h4-14H,1-3H3,(H,25,30). The fourth-order valence-electron chi connectivity index (χ4n) is 3.68. The Hall–Kier alpha value is -4.11. The van der Waals surface area contributed by atoms with Crippen LogP contribution < -0.4 is 14.8 Å². The number of aryl methyl sites for hydroxylation is 1. The first-order valence-corrected chi connectivity index (χ1v) is 11.0. The quantitative estimate of drug-likeness (QED) is 0.397. The number of benzene rings is 2. The van der Waals surface area contributed by atoms with Crippen molar-refractivity contribution in [2.45, 2.75) is 0 Å². The van der Waals surface area contributed by atoms with Crippen molar-refractivity contribution >= 4 is 27.9 Å². The predicted molar refractivity (Wildman–Crippen MR) is 128 cm³/mol. The molecule has 0 fully saturated rings. The summed E-state index contributed by atoms with van der Waals surface area (Å²) in [5, 5.41) is 9.54. The lowest BCUT2D eigenvalue weighted by Crippen LogP contribution is -2.16. The zero-order chi connectivity index (χ0) is 22.9. The normalized spacial score (nSPS) is 11.0. The maximum Gasteiger partial charge on any atom is 0.273 e. The van der Waals surface area contributed by atoms with Crippen LogP contribution in [0.1, 0.15) is 10.5 Å². The predicted octanol–water partition coefficient (Wildman–Crippen LogP) is 4.73. The highest BCUT2D eigenvalue weighted by Gasteiger charge is 2.19. The van der Waals surface area contributed by atoms with E-state index >= 15 is 0 Å². The number of hydrogen-bond donors (Lipinski definition) is 1. The van der Waals surface area contributed by atoms with Gasteiger partial charge in [-0.25, -0.2) is 4.98 Å². The van der Waals surface area contributed by atoms with Gasteiger partial charge < -0.3 is 14.8 Å². The van der Waals surface area contributed by atoms with E-state index in [0.29, 0.717) is 28.6 Å². The van der Waals surface area contributed by atoms with Crippen LogP contribution >= 0.6 is 11.3 Å². The number of methoxy groups -OCH3 is 2. The molecule has 0 radical (unpaired) electrons. The van der Waals surface area contributed by atoms with Crippen LogP contribution in [0.15, 0.2) is 66.3 Å². The molecule has 2 aromatic carbocycles. The Bertz CT molecular complexity index is 1440. The van der Waals surface area contributed by atoms with Crippen molar-refractivity contribution in [2.24, 2.45) is 7.05 Å². The molecule has 0 unspecified atom stereocenters. The first-order valence-electron chi connectivity index (χ1n) is 10.2. The highest BCUT2D eigenvalue weighted by atomic mass is 32.1. The summed E-state index contributed by atoms with van der Waals surface area (Å²) in [7, 11) is 4.93. The summed E-state index contributed by atoms with van der Waals surface area (Å²) < 4.78 is 14.3. The Labute approximate surface area is 194 Å². The van der Waals surface area contributed by atoms with E-state index in [1.165, 1.54) is 0 Å². The molecule has 3 aromatic heterocycles. The highest BCUT2D eigenvalue weighted by Crippen LogP contribution is 2.33. The summed E-state index contributed by atoms with van der Waals surface area (Å²) in [5.74, 6) is 1.05. The van der Waals surface area contributed by atoms with Crippen LogP contribution in [0.5, 0.6) is 11.5 Å². The summed E-state index contributed by atoms with van der Waals surface area (Å²) in [5.41, 5.74) is 4.08. The molecule has 5 rings (SSSR count). The number of hydrogen-bond acceptors (Lipinski definition) is 6. The maximum atomic E-state index is 13.2. The fraction of sp³-hybridized carbons (Fsp3) is 0.125. The second kappa shape index (κ2) is 8.44. The van der Waals surface area contributed by atoms with Gasteiger partial charge in [-0.05, 0) is 30.3 Å². The van der Waals surface area contributed by atoms with Crippen molar-refractivity contribution in [3.63, 3.8) is 0 Å². The molecule has 0 spiro atoms. The number of anilines is 1. The summed E-state index contributed by atoms with van der Waals surface area (Å²) >= 11 is 1.56. The van der Waals surface area contributed by atoms with Crippen molar-refractivity contribution in [3.8, 4) is 34.0 Å². The van der Waals surface area contributed by atoms with Crippen molar-refractivity contribution < 1.29 is 14.3 Å². The second-order valence-corrected chi connectivity index (χ2v) is 8.20. The highest BCUT2D eigenvalue weighted by molar-refractivity contribution is 7.15. The number of fused-ring (bicyclic) bond motifs is 1. The van der Waals surface area contributed by atoms with Gasteiger partial charge in [-0.1, -0.05) is 18.2 Å². The Balaban J connectivity index is 1.47. The van der Waals surface area contributed by atoms with E-state index in [9.17, 15) is 4.79 Å². The molecular weight excluding hydrogens is 438 g/mol. The van der Waals surface area contributed by atoms with Crippen LogP contribution in [0.2, 0.25) is 0 Å². The number of carbonyl (C=O) groups excluding carboxylic acids is 1. The summed E-state index contributed by atoms with van der Waals surface area (Å²) in [6.07, 6.45) is 3.91. The van der Waals surface area contributed by atoms with Gasteiger partial charge in [-0.2, -0.15) is 5.10 Å². The Morgan fingerprint density at radius 2 is 1.88 bits per heavy atom. The average Bonchev–Trinajstić information content (AvgIpc) is 3.54. The summed E-state index contributed by atoms with van der Waals surface area (Å²) in [4.78, 5) is 18.8. The molecule has 0 atom stereocenters. The maximum absolute atomic E-state index is 13.2. The zero-order valence-corrected chi connectivity index (χ0v) is 19.1. The molecular formula is C24H21N5O3S. The Morgan fingerprint density at radius 1 is 1.03 bits per heavy atom. The van der Waals surface area contributed by atoms with Gasteiger partial charge in [0.25, 0.3) is 5.91 Å². The van der Waals surface area contributed by atoms with Gasteiger partial charge in [0.05, 0.1) is 31.3 Å². The minimum Gasteiger partial charge on any atom is -0.497 e. The molecule has 1 N–H and O–H groups in total. The van der Waals surface area contributed by atoms with Crippen molar-refractivity contribution in [1.29, 1.82) is 0 Å². The fourth-order valence-corrected chi connectivity index (χ4v) is 4.38. The van der Waals surface area contributed by atoms with Gasteiger partial charge in [-0.15, -0.1) is 11.3 Å². The third-order valence-corrected chi connectivity index (χ3v) is 6.11. The van der Waals surface area contributed by atoms with Crippen LogP contribution in [0.25, 0.3) is 27.5 Å². The number of rotatable bonds is 6. The third-order valence-electron chi connectivity index (χ3n) is 5.34. The van der Waals surface area contributed by atoms with Crippen LogP contribution in [0.4, 0.5) is 5.69 Å². The number of carbonyl (C=O) groups is 1. The van der Waals surface area contributed by atoms with Gasteiger partial charge in [-0.3, -0.25) is 13.9 Å². The molecule has 0 bridgehead atoms. The number of nitrogens with zero attached hydrogens (tertiary/aromatic N) is 4. The molecule has 0 saturated heterocycles. The molecule has 33 heavy (non-hydrogen) atoms. The lowest BCUT2D eigenvalue weighted by Gasteiger charge is -2.09. The largest absolute Gasteiger partial charge is 0.497 e. The molecule has 8 nitrogen and oxygen atoms in total.